The lowest BCUT2D eigenvalue weighted by molar-refractivity contribution is -0.154. The number of ether oxygens (including phenoxy) is 2. The van der Waals surface area contributed by atoms with Gasteiger partial charge in [-0.15, -0.1) is 0 Å². The molecule has 0 radical (unpaired) electrons. The summed E-state index contributed by atoms with van der Waals surface area (Å²) in [4.78, 5) is 11.6. The van der Waals surface area contributed by atoms with Crippen LogP contribution in [0.3, 0.4) is 0 Å². The second-order valence-corrected chi connectivity index (χ2v) is 15.0. The number of esters is 1. The molecule has 0 aliphatic heterocycles. The zero-order valence-corrected chi connectivity index (χ0v) is 23.1. The van der Waals surface area contributed by atoms with Crippen LogP contribution in [0.5, 0.6) is 5.75 Å². The van der Waals surface area contributed by atoms with E-state index in [1.165, 1.54) is 12.0 Å². The highest BCUT2D eigenvalue weighted by molar-refractivity contribution is 6.71. The van der Waals surface area contributed by atoms with E-state index < -0.39 is 8.32 Å². The molecule has 0 heterocycles. The first-order valence-corrected chi connectivity index (χ1v) is 14.8. The van der Waals surface area contributed by atoms with Crippen molar-refractivity contribution >= 4 is 14.3 Å². The predicted octanol–water partition coefficient (Wildman–Crippen LogP) is 7.58. The van der Waals surface area contributed by atoms with Gasteiger partial charge in [-0.05, 0) is 96.6 Å². The van der Waals surface area contributed by atoms with Gasteiger partial charge >= 0.3 is 5.97 Å². The van der Waals surface area contributed by atoms with E-state index in [2.05, 4.69) is 72.0 Å². The van der Waals surface area contributed by atoms with Crippen molar-refractivity contribution in [3.63, 3.8) is 0 Å². The minimum Gasteiger partial charge on any atom is -0.488 e. The molecule has 4 nitrogen and oxygen atoms in total. The number of hydrogen-bond acceptors (Lipinski definition) is 4. The van der Waals surface area contributed by atoms with Crippen LogP contribution in [0.4, 0.5) is 0 Å². The van der Waals surface area contributed by atoms with Crippen molar-refractivity contribution in [3.05, 3.63) is 29.8 Å². The molecule has 180 valence electrons. The van der Waals surface area contributed by atoms with Gasteiger partial charge in [0.2, 0.25) is 0 Å². The molecule has 0 aromatic heterocycles. The van der Waals surface area contributed by atoms with E-state index in [9.17, 15) is 4.79 Å². The summed E-state index contributed by atoms with van der Waals surface area (Å²) in [6.45, 7) is 21.4. The van der Waals surface area contributed by atoms with Crippen molar-refractivity contribution in [1.29, 1.82) is 0 Å². The van der Waals surface area contributed by atoms with Gasteiger partial charge < -0.3 is 13.9 Å². The van der Waals surface area contributed by atoms with Crippen LogP contribution < -0.4 is 4.74 Å². The Labute approximate surface area is 193 Å². The minimum atomic E-state index is -1.49. The zero-order valence-electron chi connectivity index (χ0n) is 22.1. The van der Waals surface area contributed by atoms with Crippen molar-refractivity contribution in [2.75, 3.05) is 13.7 Å². The van der Waals surface area contributed by atoms with E-state index >= 15 is 0 Å². The molecule has 0 saturated heterocycles. The maximum atomic E-state index is 11.6. The molecule has 0 aliphatic carbocycles. The fourth-order valence-electron chi connectivity index (χ4n) is 2.56. The molecule has 1 atom stereocenters. The van der Waals surface area contributed by atoms with E-state index in [1.54, 1.807) is 7.11 Å². The monoisotopic (exact) mass is 452 g/mol. The summed E-state index contributed by atoms with van der Waals surface area (Å²) >= 11 is 0. The first kappa shape index (κ1) is 29.7. The summed E-state index contributed by atoms with van der Waals surface area (Å²) in [5.74, 6) is 1.50. The molecule has 0 amide bonds. The smallest absolute Gasteiger partial charge is 0.311 e. The van der Waals surface area contributed by atoms with Crippen LogP contribution in [-0.2, 0) is 14.0 Å². The third-order valence-corrected chi connectivity index (χ3v) is 8.29. The van der Waals surface area contributed by atoms with E-state index in [1.807, 2.05) is 20.8 Å². The predicted molar refractivity (Wildman–Crippen MR) is 134 cm³/mol. The van der Waals surface area contributed by atoms with Crippen LogP contribution in [0.15, 0.2) is 24.3 Å². The summed E-state index contributed by atoms with van der Waals surface area (Å²) in [6.07, 6.45) is 2.89. The quantitative estimate of drug-likeness (QED) is 0.208. The van der Waals surface area contributed by atoms with Crippen LogP contribution in [0.25, 0.3) is 0 Å². The topological polar surface area (TPSA) is 44.8 Å². The molecule has 0 bridgehead atoms. The molecule has 0 fully saturated rings. The fourth-order valence-corrected chi connectivity index (χ4v) is 3.76. The number of carbonyl (C=O) groups is 1. The average molecular weight is 453 g/mol. The van der Waals surface area contributed by atoms with Gasteiger partial charge in [-0.2, -0.15) is 0 Å². The first-order chi connectivity index (χ1) is 14.2. The molecule has 1 unspecified atom stereocenters. The third-order valence-electron chi connectivity index (χ3n) is 5.63. The van der Waals surface area contributed by atoms with Crippen molar-refractivity contribution < 1.29 is 18.7 Å². The molecular formula is C26H48O4Si. The van der Waals surface area contributed by atoms with E-state index in [-0.39, 0.29) is 17.0 Å². The maximum Gasteiger partial charge on any atom is 0.311 e. The highest BCUT2D eigenvalue weighted by Crippen LogP contribution is 2.24. The normalized spacial score (nSPS) is 13.1. The van der Waals surface area contributed by atoms with Crippen LogP contribution in [0.1, 0.15) is 86.1 Å². The molecule has 0 aliphatic rings. The Kier molecular flexibility index (Phi) is 12.7. The summed E-state index contributed by atoms with van der Waals surface area (Å²) in [6, 6.07) is 9.48. The summed E-state index contributed by atoms with van der Waals surface area (Å²) in [7, 11) is 0.268. The molecule has 0 saturated carbocycles. The standard InChI is InChI=1S/C14H22O.C12H26O3Si/c1-6-11(2)12-7-9-13(10-8-12)15-14(3,4)5;1-7-12(2,3)11(13)15-9-8-10-16(5,6)14-4/h7-11H,6H2,1-5H3;7-10H2,1-6H3. The number of benzene rings is 1. The SMILES string of the molecule is CCC(C)(C)C(=O)OCCC[Si](C)(C)OC.CCC(C)c1ccc(OC(C)(C)C)cc1. The Balaban J connectivity index is 0.000000581. The molecule has 1 rings (SSSR count). The lowest BCUT2D eigenvalue weighted by Gasteiger charge is -2.22. The van der Waals surface area contributed by atoms with E-state index in [4.69, 9.17) is 13.9 Å². The van der Waals surface area contributed by atoms with Crippen molar-refractivity contribution in [2.24, 2.45) is 5.41 Å². The zero-order chi connectivity index (χ0) is 24.3. The van der Waals surface area contributed by atoms with Crippen molar-refractivity contribution in [3.8, 4) is 5.75 Å². The minimum absolute atomic E-state index is 0.0908. The van der Waals surface area contributed by atoms with Crippen LogP contribution in [0.2, 0.25) is 19.1 Å². The first-order valence-electron chi connectivity index (χ1n) is 11.7. The van der Waals surface area contributed by atoms with Crippen LogP contribution in [-0.4, -0.2) is 33.6 Å². The highest BCUT2D eigenvalue weighted by atomic mass is 28.4. The van der Waals surface area contributed by atoms with E-state index in [0.717, 1.165) is 24.6 Å². The number of carbonyl (C=O) groups excluding carboxylic acids is 1. The van der Waals surface area contributed by atoms with Gasteiger partial charge in [-0.1, -0.05) is 32.9 Å². The van der Waals surface area contributed by atoms with Crippen LogP contribution >= 0.6 is 0 Å². The fraction of sp³-hybridized carbons (Fsp3) is 0.731. The van der Waals surface area contributed by atoms with Gasteiger partial charge in [0.15, 0.2) is 8.32 Å². The molecule has 1 aromatic carbocycles. The molecular weight excluding hydrogens is 404 g/mol. The Hall–Kier alpha value is -1.33. The number of hydrogen-bond donors (Lipinski definition) is 0. The van der Waals surface area contributed by atoms with Gasteiger partial charge in [0.25, 0.3) is 0 Å². The molecule has 5 heteroatoms. The van der Waals surface area contributed by atoms with Gasteiger partial charge in [0, 0.05) is 7.11 Å². The number of rotatable bonds is 10. The Morgan fingerprint density at radius 1 is 1.03 bits per heavy atom. The van der Waals surface area contributed by atoms with Gasteiger partial charge in [0.1, 0.15) is 11.4 Å². The van der Waals surface area contributed by atoms with Gasteiger partial charge in [-0.3, -0.25) is 4.79 Å². The summed E-state index contributed by atoms with van der Waals surface area (Å²) < 4.78 is 16.5. The summed E-state index contributed by atoms with van der Waals surface area (Å²) in [5, 5.41) is 0. The lowest BCUT2D eigenvalue weighted by Crippen LogP contribution is -2.30. The lowest BCUT2D eigenvalue weighted by atomic mass is 9.91. The van der Waals surface area contributed by atoms with Gasteiger partial charge in [-0.25, -0.2) is 0 Å². The van der Waals surface area contributed by atoms with Crippen LogP contribution in [0, 0.1) is 5.41 Å². The Morgan fingerprint density at radius 2 is 1.58 bits per heavy atom. The van der Waals surface area contributed by atoms with E-state index in [0.29, 0.717) is 12.5 Å². The molecule has 0 spiro atoms. The largest absolute Gasteiger partial charge is 0.488 e. The summed E-state index contributed by atoms with van der Waals surface area (Å²) in [5.41, 5.74) is 0.922. The second kappa shape index (κ2) is 13.3. The molecule has 0 N–H and O–H groups in total. The average Bonchev–Trinajstić information content (AvgIpc) is 2.70. The second-order valence-electron chi connectivity index (χ2n) is 10.5. The highest BCUT2D eigenvalue weighted by Gasteiger charge is 2.27. The molecule has 31 heavy (non-hydrogen) atoms. The van der Waals surface area contributed by atoms with Crippen molar-refractivity contribution in [2.45, 2.75) is 105 Å². The van der Waals surface area contributed by atoms with Gasteiger partial charge in [0.05, 0.1) is 12.0 Å². The third kappa shape index (κ3) is 13.0. The molecule has 1 aromatic rings. The Bertz CT molecular complexity index is 630. The van der Waals surface area contributed by atoms with Crippen molar-refractivity contribution in [1.82, 2.24) is 0 Å². The maximum absolute atomic E-state index is 11.6. The Morgan fingerprint density at radius 3 is 2.00 bits per heavy atom.